The van der Waals surface area contributed by atoms with E-state index in [-0.39, 0.29) is 6.10 Å². The first-order valence-corrected chi connectivity index (χ1v) is 11.4. The van der Waals surface area contributed by atoms with Crippen molar-refractivity contribution in [2.45, 2.75) is 26.9 Å². The molecular weight excluding hydrogens is 402 g/mol. The second-order valence-corrected chi connectivity index (χ2v) is 9.60. The molecule has 1 amide bonds. The van der Waals surface area contributed by atoms with Gasteiger partial charge in [0, 0.05) is 32.6 Å². The molecule has 1 atom stereocenters. The highest BCUT2D eigenvalue weighted by molar-refractivity contribution is 8.00. The lowest BCUT2D eigenvalue weighted by atomic mass is 10.1. The van der Waals surface area contributed by atoms with Crippen LogP contribution in [0.1, 0.15) is 29.8 Å². The molecule has 2 aromatic carbocycles. The quantitative estimate of drug-likeness (QED) is 0.498. The van der Waals surface area contributed by atoms with E-state index in [9.17, 15) is 9.00 Å². The van der Waals surface area contributed by atoms with Gasteiger partial charge in [-0.15, -0.1) is 0 Å². The van der Waals surface area contributed by atoms with Crippen LogP contribution in [-0.4, -0.2) is 38.3 Å². The average molecular weight is 428 g/mol. The molecule has 0 aliphatic rings. The summed E-state index contributed by atoms with van der Waals surface area (Å²) < 4.78 is 20.8. The Labute approximate surface area is 176 Å². The summed E-state index contributed by atoms with van der Waals surface area (Å²) >= 11 is 0. The zero-order chi connectivity index (χ0) is 22.1. The van der Waals surface area contributed by atoms with Crippen LogP contribution in [0.2, 0.25) is 0 Å². The number of carbonyl (C=O) groups excluding carboxylic acids is 1. The van der Waals surface area contributed by atoms with Gasteiger partial charge in [-0.25, -0.2) is 14.2 Å². The van der Waals surface area contributed by atoms with E-state index in [1.807, 2.05) is 26.8 Å². The van der Waals surface area contributed by atoms with Crippen molar-refractivity contribution >= 4 is 49.6 Å². The number of aryl methyl sites for hydroxylation is 1. The van der Waals surface area contributed by atoms with E-state index < -0.39 is 15.6 Å². The van der Waals surface area contributed by atoms with Crippen LogP contribution in [0.5, 0.6) is 5.75 Å². The SMILES string of the molecule is C=S(C)(=O)Nc1cc(C)c2c(Nc3ccc(C(N)=O)cc3OC(C)C)ncnc2c1. The number of primary amides is 1. The summed E-state index contributed by atoms with van der Waals surface area (Å²) in [6, 6.07) is 8.63. The van der Waals surface area contributed by atoms with Gasteiger partial charge in [0.15, 0.2) is 0 Å². The summed E-state index contributed by atoms with van der Waals surface area (Å²) in [7, 11) is -2.41. The first kappa shape index (κ1) is 21.4. The van der Waals surface area contributed by atoms with Crippen molar-refractivity contribution in [3.8, 4) is 5.75 Å². The minimum absolute atomic E-state index is 0.0993. The highest BCUT2D eigenvalue weighted by Gasteiger charge is 2.14. The molecule has 8 nitrogen and oxygen atoms in total. The zero-order valence-corrected chi connectivity index (χ0v) is 18.2. The molecule has 3 rings (SSSR count). The topological polar surface area (TPSA) is 119 Å². The van der Waals surface area contributed by atoms with Gasteiger partial charge in [-0.05, 0) is 62.5 Å². The molecule has 0 bridgehead atoms. The van der Waals surface area contributed by atoms with Gasteiger partial charge in [0.1, 0.15) is 17.9 Å². The minimum atomic E-state index is -2.41. The van der Waals surface area contributed by atoms with Gasteiger partial charge >= 0.3 is 0 Å². The highest BCUT2D eigenvalue weighted by atomic mass is 32.2. The standard InChI is InChI=1S/C21H25N5O3S/c1-12(2)29-18-9-14(20(22)27)6-7-16(18)25-21-19-13(3)8-15(26-30(4,5)28)10-17(19)23-11-24-21/h6-12H,4H2,1-3,5H3,(H2,22,27)(H,26,28)(H,23,24,25). The number of anilines is 3. The number of carbonyl (C=O) groups is 1. The first-order chi connectivity index (χ1) is 14.0. The molecule has 30 heavy (non-hydrogen) atoms. The van der Waals surface area contributed by atoms with Crippen LogP contribution in [0.3, 0.4) is 0 Å². The minimum Gasteiger partial charge on any atom is -0.489 e. The van der Waals surface area contributed by atoms with E-state index in [4.69, 9.17) is 10.5 Å². The predicted molar refractivity (Wildman–Crippen MR) is 123 cm³/mol. The molecule has 1 heterocycles. The second kappa shape index (κ2) is 8.19. The van der Waals surface area contributed by atoms with E-state index >= 15 is 0 Å². The fraction of sp³-hybridized carbons (Fsp3) is 0.238. The number of amides is 1. The summed E-state index contributed by atoms with van der Waals surface area (Å²) in [4.78, 5) is 20.3. The van der Waals surface area contributed by atoms with Gasteiger partial charge < -0.3 is 20.5 Å². The van der Waals surface area contributed by atoms with Crippen molar-refractivity contribution < 1.29 is 13.7 Å². The Morgan fingerprint density at radius 3 is 2.60 bits per heavy atom. The Hall–Kier alpha value is -3.33. The third kappa shape index (κ3) is 4.98. The fourth-order valence-corrected chi connectivity index (χ4v) is 3.67. The smallest absolute Gasteiger partial charge is 0.248 e. The average Bonchev–Trinajstić information content (AvgIpc) is 2.61. The van der Waals surface area contributed by atoms with Crippen LogP contribution in [0.25, 0.3) is 10.9 Å². The van der Waals surface area contributed by atoms with E-state index in [2.05, 4.69) is 25.9 Å². The van der Waals surface area contributed by atoms with Crippen molar-refractivity contribution in [2.75, 3.05) is 16.3 Å². The molecule has 3 aromatic rings. The second-order valence-electron chi connectivity index (χ2n) is 7.38. The van der Waals surface area contributed by atoms with E-state index in [1.54, 1.807) is 24.3 Å². The van der Waals surface area contributed by atoms with Crippen molar-refractivity contribution in [1.29, 1.82) is 0 Å². The molecule has 1 aromatic heterocycles. The molecule has 158 valence electrons. The lowest BCUT2D eigenvalue weighted by Gasteiger charge is -2.17. The van der Waals surface area contributed by atoms with Gasteiger partial charge in [-0.2, -0.15) is 0 Å². The number of hydrogen-bond acceptors (Lipinski definition) is 6. The maximum atomic E-state index is 12.0. The maximum Gasteiger partial charge on any atom is 0.248 e. The lowest BCUT2D eigenvalue weighted by molar-refractivity contribution is 0.0999. The number of hydrogen-bond donors (Lipinski definition) is 3. The lowest BCUT2D eigenvalue weighted by Crippen LogP contribution is -2.13. The Kier molecular flexibility index (Phi) is 5.84. The number of benzene rings is 2. The third-order valence-electron chi connectivity index (χ3n) is 4.15. The summed E-state index contributed by atoms with van der Waals surface area (Å²) in [6.45, 7) is 5.71. The molecule has 1 unspecified atom stereocenters. The fourth-order valence-electron chi connectivity index (χ4n) is 3.05. The molecule has 0 aliphatic carbocycles. The Bertz CT molecular complexity index is 1220. The molecule has 0 fully saturated rings. The van der Waals surface area contributed by atoms with Crippen LogP contribution in [0.4, 0.5) is 17.2 Å². The van der Waals surface area contributed by atoms with E-state index in [1.165, 1.54) is 12.6 Å². The van der Waals surface area contributed by atoms with Crippen LogP contribution in [-0.2, 0) is 9.71 Å². The van der Waals surface area contributed by atoms with Crippen molar-refractivity contribution in [2.24, 2.45) is 5.73 Å². The summed E-state index contributed by atoms with van der Waals surface area (Å²) in [5.74, 6) is 4.17. The van der Waals surface area contributed by atoms with Gasteiger partial charge in [0.25, 0.3) is 0 Å². The summed E-state index contributed by atoms with van der Waals surface area (Å²) in [5, 5.41) is 4.09. The van der Waals surface area contributed by atoms with Gasteiger partial charge in [0.05, 0.1) is 17.3 Å². The van der Waals surface area contributed by atoms with E-state index in [0.717, 1.165) is 10.9 Å². The van der Waals surface area contributed by atoms with Gasteiger partial charge in [-0.1, -0.05) is 0 Å². The van der Waals surface area contributed by atoms with Crippen LogP contribution in [0, 0.1) is 6.92 Å². The largest absolute Gasteiger partial charge is 0.489 e. The molecule has 9 heteroatoms. The Morgan fingerprint density at radius 2 is 1.97 bits per heavy atom. The number of nitrogens with two attached hydrogens (primary N) is 1. The molecule has 0 spiro atoms. The van der Waals surface area contributed by atoms with Gasteiger partial charge in [0.2, 0.25) is 5.91 Å². The monoisotopic (exact) mass is 427 g/mol. The molecule has 0 aliphatic heterocycles. The van der Waals surface area contributed by atoms with E-state index in [0.29, 0.717) is 34.0 Å². The molecular formula is C21H25N5O3S. The van der Waals surface area contributed by atoms with Crippen LogP contribution in [0.15, 0.2) is 36.7 Å². The zero-order valence-electron chi connectivity index (χ0n) is 17.4. The molecule has 4 N–H and O–H groups in total. The number of nitrogens with one attached hydrogen (secondary N) is 2. The summed E-state index contributed by atoms with van der Waals surface area (Å²) in [6.07, 6.45) is 2.88. The first-order valence-electron chi connectivity index (χ1n) is 9.26. The van der Waals surface area contributed by atoms with Crippen LogP contribution >= 0.6 is 0 Å². The predicted octanol–water partition coefficient (Wildman–Crippen LogP) is 3.24. The maximum absolute atomic E-state index is 12.0. The van der Waals surface area contributed by atoms with Crippen molar-refractivity contribution in [3.63, 3.8) is 0 Å². The summed E-state index contributed by atoms with van der Waals surface area (Å²) in [5.41, 5.74) is 8.64. The number of aromatic nitrogens is 2. The van der Waals surface area contributed by atoms with Gasteiger partial charge in [-0.3, -0.25) is 4.79 Å². The molecule has 0 saturated carbocycles. The normalized spacial score (nSPS) is 13.1. The highest BCUT2D eigenvalue weighted by Crippen LogP contribution is 2.33. The third-order valence-corrected chi connectivity index (χ3v) is 4.82. The van der Waals surface area contributed by atoms with Crippen molar-refractivity contribution in [1.82, 2.24) is 9.97 Å². The number of rotatable bonds is 7. The number of ether oxygens (including phenoxy) is 1. The Balaban J connectivity index is 2.07. The molecule has 0 radical (unpaired) electrons. The number of fused-ring (bicyclic) bond motifs is 1. The Morgan fingerprint density at radius 1 is 1.23 bits per heavy atom. The van der Waals surface area contributed by atoms with Crippen molar-refractivity contribution in [3.05, 3.63) is 47.8 Å². The molecule has 0 saturated heterocycles. The van der Waals surface area contributed by atoms with Crippen LogP contribution < -0.4 is 20.5 Å². The number of nitrogens with zero attached hydrogens (tertiary/aromatic N) is 2.